The van der Waals surface area contributed by atoms with E-state index in [1.807, 2.05) is 6.92 Å². The van der Waals surface area contributed by atoms with Gasteiger partial charge in [0, 0.05) is 32.0 Å². The Balaban J connectivity index is 2.20. The smallest absolute Gasteiger partial charge is 0.244 e. The second kappa shape index (κ2) is 5.26. The fraction of sp³-hybridized carbons (Fsp3) is 0.692. The van der Waals surface area contributed by atoms with Crippen molar-refractivity contribution in [3.05, 3.63) is 18.0 Å². The summed E-state index contributed by atoms with van der Waals surface area (Å²) in [4.78, 5) is 0.272. The number of hydrogen-bond donors (Lipinski definition) is 1. The van der Waals surface area contributed by atoms with Gasteiger partial charge in [0.15, 0.2) is 0 Å². The fourth-order valence-corrected chi connectivity index (χ4v) is 3.65. The molecule has 1 heterocycles. The van der Waals surface area contributed by atoms with Crippen LogP contribution in [0.2, 0.25) is 0 Å². The highest BCUT2D eigenvalue weighted by Gasteiger charge is 2.36. The Morgan fingerprint density at radius 2 is 2.16 bits per heavy atom. The first-order valence-corrected chi connectivity index (χ1v) is 8.10. The molecule has 2 rings (SSSR count). The van der Waals surface area contributed by atoms with Crippen LogP contribution in [0.3, 0.4) is 0 Å². The highest BCUT2D eigenvalue weighted by Crippen LogP contribution is 2.38. The van der Waals surface area contributed by atoms with E-state index in [2.05, 4.69) is 6.92 Å². The quantitative estimate of drug-likeness (QED) is 0.857. The number of aryl methyl sites for hydroxylation is 1. The molecule has 19 heavy (non-hydrogen) atoms. The van der Waals surface area contributed by atoms with Crippen LogP contribution in [0.5, 0.6) is 0 Å². The summed E-state index contributed by atoms with van der Waals surface area (Å²) >= 11 is 0. The van der Waals surface area contributed by atoms with Gasteiger partial charge in [-0.2, -0.15) is 0 Å². The molecule has 108 valence electrons. The first kappa shape index (κ1) is 14.6. The zero-order valence-corrected chi connectivity index (χ0v) is 12.5. The van der Waals surface area contributed by atoms with Gasteiger partial charge in [0.2, 0.25) is 10.0 Å². The molecule has 5 nitrogen and oxygen atoms in total. The van der Waals surface area contributed by atoms with Gasteiger partial charge in [-0.05, 0) is 31.2 Å². The molecule has 0 amide bonds. The maximum Gasteiger partial charge on any atom is 0.244 e. The summed E-state index contributed by atoms with van der Waals surface area (Å²) in [6.45, 7) is 5.14. The summed E-state index contributed by atoms with van der Waals surface area (Å²) in [5.74, 6) is 1.12. The fourth-order valence-electron chi connectivity index (χ4n) is 2.35. The van der Waals surface area contributed by atoms with Crippen molar-refractivity contribution in [1.29, 1.82) is 0 Å². The molecule has 1 aliphatic carbocycles. The number of nitrogens with zero attached hydrogens (tertiary/aromatic N) is 2. The average Bonchev–Trinajstić information content (AvgIpc) is 2.92. The molecule has 0 spiro atoms. The Bertz CT molecular complexity index is 529. The van der Waals surface area contributed by atoms with Crippen molar-refractivity contribution in [3.8, 4) is 0 Å². The minimum absolute atomic E-state index is 0.146. The van der Waals surface area contributed by atoms with Crippen LogP contribution in [-0.4, -0.2) is 36.0 Å². The Morgan fingerprint density at radius 1 is 1.53 bits per heavy atom. The summed E-state index contributed by atoms with van der Waals surface area (Å²) in [6, 6.07) is 1.56. The van der Waals surface area contributed by atoms with Gasteiger partial charge in [-0.3, -0.25) is 0 Å². The minimum atomic E-state index is -3.44. The zero-order valence-electron chi connectivity index (χ0n) is 11.7. The third-order valence-electron chi connectivity index (χ3n) is 3.94. The van der Waals surface area contributed by atoms with Gasteiger partial charge < -0.3 is 9.67 Å². The van der Waals surface area contributed by atoms with Crippen molar-refractivity contribution in [2.75, 3.05) is 13.6 Å². The van der Waals surface area contributed by atoms with Crippen LogP contribution < -0.4 is 0 Å². The van der Waals surface area contributed by atoms with Gasteiger partial charge >= 0.3 is 0 Å². The molecule has 0 aromatic carbocycles. The van der Waals surface area contributed by atoms with Gasteiger partial charge in [-0.25, -0.2) is 12.7 Å². The Hall–Kier alpha value is -0.850. The molecule has 2 unspecified atom stereocenters. The van der Waals surface area contributed by atoms with Crippen molar-refractivity contribution in [3.63, 3.8) is 0 Å². The maximum absolute atomic E-state index is 12.4. The predicted octanol–water partition coefficient (Wildman–Crippen LogP) is 1.28. The molecule has 2 atom stereocenters. The van der Waals surface area contributed by atoms with E-state index in [0.29, 0.717) is 30.6 Å². The first-order chi connectivity index (χ1) is 8.90. The van der Waals surface area contributed by atoms with E-state index in [9.17, 15) is 13.5 Å². The number of sulfonamides is 1. The second-order valence-electron chi connectivity index (χ2n) is 5.37. The third kappa shape index (κ3) is 2.85. The van der Waals surface area contributed by atoms with Crippen LogP contribution in [-0.2, 0) is 23.2 Å². The molecule has 0 aliphatic heterocycles. The largest absolute Gasteiger partial charge is 0.390 e. The SMILES string of the molecule is CCn1cc(S(=O)(=O)N(C)CC2CC2C)cc1CO. The van der Waals surface area contributed by atoms with Crippen LogP contribution in [0.1, 0.15) is 26.0 Å². The van der Waals surface area contributed by atoms with E-state index in [-0.39, 0.29) is 11.5 Å². The van der Waals surface area contributed by atoms with Crippen molar-refractivity contribution in [2.45, 2.75) is 38.3 Å². The number of aromatic nitrogens is 1. The van der Waals surface area contributed by atoms with E-state index in [4.69, 9.17) is 0 Å². The van der Waals surface area contributed by atoms with Crippen LogP contribution in [0.25, 0.3) is 0 Å². The summed E-state index contributed by atoms with van der Waals surface area (Å²) < 4.78 is 28.1. The molecule has 1 aromatic rings. The van der Waals surface area contributed by atoms with Crippen molar-refractivity contribution in [2.24, 2.45) is 11.8 Å². The molecular weight excluding hydrogens is 264 g/mol. The van der Waals surface area contributed by atoms with Crippen molar-refractivity contribution in [1.82, 2.24) is 8.87 Å². The van der Waals surface area contributed by atoms with E-state index < -0.39 is 10.0 Å². The Kier molecular flexibility index (Phi) is 4.03. The molecule has 6 heteroatoms. The number of aliphatic hydroxyl groups is 1. The molecule has 1 fully saturated rings. The summed E-state index contributed by atoms with van der Waals surface area (Å²) in [5, 5.41) is 9.23. The monoisotopic (exact) mass is 286 g/mol. The number of aliphatic hydroxyl groups excluding tert-OH is 1. The van der Waals surface area contributed by atoms with E-state index >= 15 is 0 Å². The van der Waals surface area contributed by atoms with Gasteiger partial charge in [-0.1, -0.05) is 6.92 Å². The molecule has 1 aromatic heterocycles. The topological polar surface area (TPSA) is 62.5 Å². The van der Waals surface area contributed by atoms with Crippen LogP contribution in [0, 0.1) is 11.8 Å². The lowest BCUT2D eigenvalue weighted by Gasteiger charge is -2.15. The number of rotatable bonds is 6. The zero-order chi connectivity index (χ0) is 14.2. The normalized spacial score (nSPS) is 23.0. The lowest BCUT2D eigenvalue weighted by molar-refractivity contribution is 0.271. The Morgan fingerprint density at radius 3 is 2.58 bits per heavy atom. The number of hydrogen-bond acceptors (Lipinski definition) is 3. The minimum Gasteiger partial charge on any atom is -0.390 e. The van der Waals surface area contributed by atoms with Gasteiger partial charge in [0.25, 0.3) is 0 Å². The summed E-state index contributed by atoms with van der Waals surface area (Å²) in [6.07, 6.45) is 2.71. The average molecular weight is 286 g/mol. The predicted molar refractivity (Wildman–Crippen MR) is 73.1 cm³/mol. The molecule has 0 bridgehead atoms. The van der Waals surface area contributed by atoms with Gasteiger partial charge in [0.1, 0.15) is 4.90 Å². The first-order valence-electron chi connectivity index (χ1n) is 6.66. The highest BCUT2D eigenvalue weighted by molar-refractivity contribution is 7.89. The Labute approximate surface area is 114 Å². The standard InChI is InChI=1S/C13H22N2O3S/c1-4-15-8-13(6-12(15)9-16)19(17,18)14(3)7-11-5-10(11)2/h6,8,10-11,16H,4-5,7,9H2,1-3H3. The van der Waals surface area contributed by atoms with E-state index in [1.54, 1.807) is 23.9 Å². The molecule has 0 saturated heterocycles. The van der Waals surface area contributed by atoms with Crippen molar-refractivity contribution < 1.29 is 13.5 Å². The van der Waals surface area contributed by atoms with Crippen LogP contribution in [0.4, 0.5) is 0 Å². The van der Waals surface area contributed by atoms with Gasteiger partial charge in [-0.15, -0.1) is 0 Å². The van der Waals surface area contributed by atoms with E-state index in [1.165, 1.54) is 4.31 Å². The molecular formula is C13H22N2O3S. The van der Waals surface area contributed by atoms with Crippen molar-refractivity contribution >= 4 is 10.0 Å². The van der Waals surface area contributed by atoms with Crippen LogP contribution >= 0.6 is 0 Å². The summed E-state index contributed by atoms with van der Waals surface area (Å²) in [5.41, 5.74) is 0.634. The molecule has 1 N–H and O–H groups in total. The van der Waals surface area contributed by atoms with Crippen LogP contribution in [0.15, 0.2) is 17.2 Å². The second-order valence-corrected chi connectivity index (χ2v) is 7.41. The van der Waals surface area contributed by atoms with E-state index in [0.717, 1.165) is 6.42 Å². The maximum atomic E-state index is 12.4. The third-order valence-corrected chi connectivity index (χ3v) is 5.73. The highest BCUT2D eigenvalue weighted by atomic mass is 32.2. The lowest BCUT2D eigenvalue weighted by atomic mass is 10.3. The summed E-state index contributed by atoms with van der Waals surface area (Å²) in [7, 11) is -1.81. The molecule has 1 saturated carbocycles. The molecule has 0 radical (unpaired) electrons. The lowest BCUT2D eigenvalue weighted by Crippen LogP contribution is -2.29. The van der Waals surface area contributed by atoms with Gasteiger partial charge in [0.05, 0.1) is 6.61 Å². The molecule has 1 aliphatic rings.